The van der Waals surface area contributed by atoms with Crippen LogP contribution >= 0.6 is 0 Å². The highest BCUT2D eigenvalue weighted by atomic mass is 16.3. The Labute approximate surface area is 87.1 Å². The lowest BCUT2D eigenvalue weighted by Gasteiger charge is -2.31. The third-order valence-electron chi connectivity index (χ3n) is 2.57. The first kappa shape index (κ1) is 10.1. The van der Waals surface area contributed by atoms with Crippen molar-refractivity contribution in [3.63, 3.8) is 0 Å². The molecular formula is C9H13N3O3. The molecule has 2 atom stereocenters. The maximum Gasteiger partial charge on any atom is 0.329 e. The van der Waals surface area contributed by atoms with E-state index in [0.717, 1.165) is 0 Å². The van der Waals surface area contributed by atoms with Crippen LogP contribution in [-0.2, 0) is 0 Å². The molecule has 0 aromatic rings. The molecule has 6 heteroatoms. The van der Waals surface area contributed by atoms with Crippen LogP contribution < -0.4 is 0 Å². The topological polar surface area (TPSA) is 76.4 Å². The number of carbonyl (C=O) groups is 1. The Bertz CT molecular complexity index is 339. The van der Waals surface area contributed by atoms with Crippen molar-refractivity contribution in [2.45, 2.75) is 18.7 Å². The first-order valence-electron chi connectivity index (χ1n) is 4.76. The Morgan fingerprint density at radius 1 is 1.60 bits per heavy atom. The third-order valence-corrected chi connectivity index (χ3v) is 2.57. The van der Waals surface area contributed by atoms with Crippen molar-refractivity contribution >= 4 is 11.9 Å². The van der Waals surface area contributed by atoms with E-state index >= 15 is 0 Å². The minimum Gasteiger partial charge on any atom is -0.396 e. The van der Waals surface area contributed by atoms with Gasteiger partial charge >= 0.3 is 6.03 Å². The van der Waals surface area contributed by atoms with Gasteiger partial charge in [-0.05, 0) is 12.5 Å². The number of aliphatic imine (C=N–C) groups is 1. The maximum absolute atomic E-state index is 11.8. The van der Waals surface area contributed by atoms with Crippen molar-refractivity contribution in [2.24, 2.45) is 4.99 Å². The number of hydrogen-bond acceptors (Lipinski definition) is 4. The maximum atomic E-state index is 11.8. The molecule has 0 aromatic heterocycles. The summed E-state index contributed by atoms with van der Waals surface area (Å²) in [7, 11) is 1.64. The van der Waals surface area contributed by atoms with Crippen LogP contribution in [0.25, 0.3) is 0 Å². The van der Waals surface area contributed by atoms with E-state index in [9.17, 15) is 9.90 Å². The van der Waals surface area contributed by atoms with Crippen LogP contribution in [0.15, 0.2) is 17.3 Å². The number of amidine groups is 1. The van der Waals surface area contributed by atoms with Gasteiger partial charge in [0, 0.05) is 19.9 Å². The second kappa shape index (κ2) is 3.63. The van der Waals surface area contributed by atoms with Crippen molar-refractivity contribution < 1.29 is 15.0 Å². The molecule has 0 aliphatic carbocycles. The van der Waals surface area contributed by atoms with E-state index in [1.165, 1.54) is 9.80 Å². The molecule has 6 nitrogen and oxygen atoms in total. The second-order valence-corrected chi connectivity index (χ2v) is 3.56. The van der Waals surface area contributed by atoms with Crippen molar-refractivity contribution in [2.75, 3.05) is 13.7 Å². The largest absolute Gasteiger partial charge is 0.396 e. The molecular weight excluding hydrogens is 198 g/mol. The fourth-order valence-electron chi connectivity index (χ4n) is 1.77. The van der Waals surface area contributed by atoms with Gasteiger partial charge in [-0.2, -0.15) is 0 Å². The lowest BCUT2D eigenvalue weighted by molar-refractivity contribution is 0.0964. The number of hydrogen-bond donors (Lipinski definition) is 2. The van der Waals surface area contributed by atoms with E-state index < -0.39 is 12.3 Å². The molecule has 15 heavy (non-hydrogen) atoms. The zero-order valence-corrected chi connectivity index (χ0v) is 8.37. The molecule has 2 aliphatic rings. The van der Waals surface area contributed by atoms with Crippen molar-refractivity contribution in [1.82, 2.24) is 9.80 Å². The summed E-state index contributed by atoms with van der Waals surface area (Å²) < 4.78 is 0. The first-order valence-corrected chi connectivity index (χ1v) is 4.76. The number of urea groups is 1. The number of rotatable bonds is 2. The van der Waals surface area contributed by atoms with Gasteiger partial charge in [0.25, 0.3) is 0 Å². The van der Waals surface area contributed by atoms with Crippen molar-refractivity contribution in [3.05, 3.63) is 12.3 Å². The number of carbonyl (C=O) groups excluding carboxylic acids is 1. The van der Waals surface area contributed by atoms with Crippen LogP contribution in [0.1, 0.15) is 6.42 Å². The monoisotopic (exact) mass is 211 g/mol. The predicted octanol–water partition coefficient (Wildman–Crippen LogP) is -0.651. The normalized spacial score (nSPS) is 29.5. The van der Waals surface area contributed by atoms with Gasteiger partial charge in [0.2, 0.25) is 0 Å². The molecule has 0 unspecified atom stereocenters. The molecule has 2 amide bonds. The van der Waals surface area contributed by atoms with Crippen molar-refractivity contribution in [3.8, 4) is 0 Å². The van der Waals surface area contributed by atoms with Gasteiger partial charge < -0.3 is 15.1 Å². The van der Waals surface area contributed by atoms with Crippen LogP contribution in [0.4, 0.5) is 4.79 Å². The SMILES string of the molecule is CN1C=CC2=N[C@@H](O)[C@@H](CCO)N2C1=O. The highest BCUT2D eigenvalue weighted by molar-refractivity contribution is 6.07. The van der Waals surface area contributed by atoms with Gasteiger partial charge in [-0.1, -0.05) is 0 Å². The molecule has 0 aromatic carbocycles. The summed E-state index contributed by atoms with van der Waals surface area (Å²) in [6.45, 7) is -0.0816. The number of aliphatic hydroxyl groups is 2. The molecule has 2 N–H and O–H groups in total. The lowest BCUT2D eigenvalue weighted by Crippen LogP contribution is -2.50. The van der Waals surface area contributed by atoms with Crippen LogP contribution in [-0.4, -0.2) is 57.8 Å². The molecule has 0 spiro atoms. The molecule has 2 rings (SSSR count). The Morgan fingerprint density at radius 2 is 2.33 bits per heavy atom. The van der Waals surface area contributed by atoms with E-state index in [1.54, 1.807) is 19.3 Å². The lowest BCUT2D eigenvalue weighted by atomic mass is 10.1. The molecule has 2 aliphatic heterocycles. The minimum atomic E-state index is -0.938. The van der Waals surface area contributed by atoms with E-state index in [4.69, 9.17) is 5.11 Å². The number of amides is 2. The average molecular weight is 211 g/mol. The standard InChI is InChI=1S/C9H13N3O3/c1-11-4-2-7-10-8(14)6(3-5-13)12(7)9(11)15/h2,4,6,8,13-14H,3,5H2,1H3/t6-,8+/m1/s1. The van der Waals surface area contributed by atoms with Gasteiger partial charge in [0.1, 0.15) is 5.84 Å². The van der Waals surface area contributed by atoms with E-state index in [-0.39, 0.29) is 12.6 Å². The summed E-state index contributed by atoms with van der Waals surface area (Å²) >= 11 is 0. The highest BCUT2D eigenvalue weighted by Gasteiger charge is 2.40. The Balaban J connectivity index is 2.27. The van der Waals surface area contributed by atoms with Crippen LogP contribution in [0, 0.1) is 0 Å². The molecule has 0 radical (unpaired) electrons. The van der Waals surface area contributed by atoms with Crippen LogP contribution in [0.5, 0.6) is 0 Å². The molecule has 0 saturated carbocycles. The summed E-state index contributed by atoms with van der Waals surface area (Å²) in [6.07, 6.45) is 2.65. The van der Waals surface area contributed by atoms with Crippen LogP contribution in [0.2, 0.25) is 0 Å². The van der Waals surface area contributed by atoms with Gasteiger partial charge in [-0.15, -0.1) is 0 Å². The van der Waals surface area contributed by atoms with Gasteiger partial charge in [-0.25, -0.2) is 9.79 Å². The number of nitrogens with zero attached hydrogens (tertiary/aromatic N) is 3. The zero-order chi connectivity index (χ0) is 11.0. The third kappa shape index (κ3) is 1.51. The van der Waals surface area contributed by atoms with E-state index in [0.29, 0.717) is 12.3 Å². The van der Waals surface area contributed by atoms with Crippen molar-refractivity contribution in [1.29, 1.82) is 0 Å². The number of fused-ring (bicyclic) bond motifs is 1. The van der Waals surface area contributed by atoms with Gasteiger partial charge in [0.15, 0.2) is 6.23 Å². The molecule has 0 fully saturated rings. The second-order valence-electron chi connectivity index (χ2n) is 3.56. The van der Waals surface area contributed by atoms with Crippen LogP contribution in [0.3, 0.4) is 0 Å². The van der Waals surface area contributed by atoms with E-state index in [1.807, 2.05) is 0 Å². The van der Waals surface area contributed by atoms with Gasteiger partial charge in [0.05, 0.1) is 6.04 Å². The first-order chi connectivity index (χ1) is 7.15. The smallest absolute Gasteiger partial charge is 0.329 e. The fraction of sp³-hybridized carbons (Fsp3) is 0.556. The Morgan fingerprint density at radius 3 is 3.00 bits per heavy atom. The molecule has 82 valence electrons. The Kier molecular flexibility index (Phi) is 2.45. The summed E-state index contributed by atoms with van der Waals surface area (Å²) in [5, 5.41) is 18.5. The van der Waals surface area contributed by atoms with Gasteiger partial charge in [-0.3, -0.25) is 4.90 Å². The summed E-state index contributed by atoms with van der Waals surface area (Å²) in [4.78, 5) is 18.5. The summed E-state index contributed by atoms with van der Waals surface area (Å²) in [5.41, 5.74) is 0. The highest BCUT2D eigenvalue weighted by Crippen LogP contribution is 2.23. The molecule has 0 bridgehead atoms. The van der Waals surface area contributed by atoms with E-state index in [2.05, 4.69) is 4.99 Å². The average Bonchev–Trinajstić information content (AvgIpc) is 2.51. The Hall–Kier alpha value is -1.40. The molecule has 0 saturated heterocycles. The number of aliphatic hydroxyl groups excluding tert-OH is 2. The zero-order valence-electron chi connectivity index (χ0n) is 8.37. The minimum absolute atomic E-state index is 0.0816. The quantitative estimate of drug-likeness (QED) is 0.637. The summed E-state index contributed by atoms with van der Waals surface area (Å²) in [6, 6.07) is -0.684. The molecule has 2 heterocycles. The summed E-state index contributed by atoms with van der Waals surface area (Å²) in [5.74, 6) is 0.462. The fourth-order valence-corrected chi connectivity index (χ4v) is 1.77. The predicted molar refractivity (Wildman–Crippen MR) is 53.1 cm³/mol.